The van der Waals surface area contributed by atoms with Gasteiger partial charge in [-0.2, -0.15) is 0 Å². The number of hydrogen-bond acceptors (Lipinski definition) is 2. The normalized spacial score (nSPS) is 19.8. The molecule has 1 saturated carbocycles. The van der Waals surface area contributed by atoms with Crippen molar-refractivity contribution in [2.45, 2.75) is 18.4 Å². The second-order valence-corrected chi connectivity index (χ2v) is 6.50. The Hall–Kier alpha value is -2.94. The van der Waals surface area contributed by atoms with E-state index in [4.69, 9.17) is 0 Å². The number of carbonyl (C=O) groups is 1. The van der Waals surface area contributed by atoms with Crippen LogP contribution in [0.1, 0.15) is 35.1 Å². The second-order valence-electron chi connectivity index (χ2n) is 6.50. The summed E-state index contributed by atoms with van der Waals surface area (Å²) in [6.07, 6.45) is 4.49. The van der Waals surface area contributed by atoms with Crippen molar-refractivity contribution in [1.82, 2.24) is 10.3 Å². The molecule has 1 aliphatic carbocycles. The maximum atomic E-state index is 12.8. The van der Waals surface area contributed by atoms with Crippen LogP contribution in [0, 0.1) is 5.92 Å². The molecule has 124 valence electrons. The van der Waals surface area contributed by atoms with Crippen LogP contribution in [-0.2, 0) is 4.79 Å². The first-order valence-corrected chi connectivity index (χ1v) is 8.63. The maximum Gasteiger partial charge on any atom is 0.224 e. The number of amides is 1. The number of rotatable bonds is 5. The average molecular weight is 328 g/mol. The molecule has 1 aromatic heterocycles. The molecule has 0 bridgehead atoms. The van der Waals surface area contributed by atoms with Crippen LogP contribution in [0.5, 0.6) is 0 Å². The molecule has 2 aromatic carbocycles. The molecule has 3 aromatic rings. The molecule has 0 radical (unpaired) electrons. The Labute approximate surface area is 147 Å². The molecule has 3 unspecified atom stereocenters. The Balaban J connectivity index is 1.53. The minimum Gasteiger partial charge on any atom is -0.345 e. The minimum absolute atomic E-state index is 0.0604. The fourth-order valence-electron chi connectivity index (χ4n) is 3.35. The van der Waals surface area contributed by atoms with E-state index >= 15 is 0 Å². The number of nitrogens with one attached hydrogen (secondary N) is 1. The highest BCUT2D eigenvalue weighted by molar-refractivity contribution is 5.83. The maximum absolute atomic E-state index is 12.8. The van der Waals surface area contributed by atoms with Gasteiger partial charge in [0.25, 0.3) is 0 Å². The first-order chi connectivity index (χ1) is 12.3. The summed E-state index contributed by atoms with van der Waals surface area (Å²) in [5.74, 6) is 0.517. The minimum atomic E-state index is -0.167. The number of nitrogens with zero attached hydrogens (tertiary/aromatic N) is 1. The Kier molecular flexibility index (Phi) is 4.30. The van der Waals surface area contributed by atoms with Gasteiger partial charge in [0.2, 0.25) is 5.91 Å². The predicted molar refractivity (Wildman–Crippen MR) is 98.0 cm³/mol. The molecule has 3 atom stereocenters. The Morgan fingerprint density at radius 3 is 2.28 bits per heavy atom. The summed E-state index contributed by atoms with van der Waals surface area (Å²) in [5.41, 5.74) is 3.32. The van der Waals surface area contributed by atoms with E-state index in [9.17, 15) is 4.79 Å². The quantitative estimate of drug-likeness (QED) is 0.766. The van der Waals surface area contributed by atoms with E-state index < -0.39 is 0 Å². The van der Waals surface area contributed by atoms with Crippen molar-refractivity contribution >= 4 is 5.91 Å². The van der Waals surface area contributed by atoms with Gasteiger partial charge in [0.15, 0.2) is 0 Å². The molecule has 25 heavy (non-hydrogen) atoms. The third-order valence-electron chi connectivity index (χ3n) is 4.79. The summed E-state index contributed by atoms with van der Waals surface area (Å²) in [6, 6.07) is 24.1. The van der Waals surface area contributed by atoms with Crippen LogP contribution in [0.3, 0.4) is 0 Å². The van der Waals surface area contributed by atoms with Gasteiger partial charge in [-0.05, 0) is 35.1 Å². The van der Waals surface area contributed by atoms with E-state index in [1.54, 1.807) is 6.20 Å². The standard InChI is InChI=1S/C22H20N2O/c25-22(20-14-19(20)16-8-3-1-4-9-16)24-21(17-10-5-2-6-11-17)18-12-7-13-23-15-18/h1-13,15,19-21H,14H2,(H,24,25). The topological polar surface area (TPSA) is 42.0 Å². The fourth-order valence-corrected chi connectivity index (χ4v) is 3.35. The van der Waals surface area contributed by atoms with Crippen LogP contribution in [-0.4, -0.2) is 10.9 Å². The molecular formula is C22H20N2O. The molecule has 1 N–H and O–H groups in total. The van der Waals surface area contributed by atoms with Crippen LogP contribution in [0.2, 0.25) is 0 Å². The molecule has 1 amide bonds. The number of pyridine rings is 1. The van der Waals surface area contributed by atoms with Crippen molar-refractivity contribution in [1.29, 1.82) is 0 Å². The highest BCUT2D eigenvalue weighted by Gasteiger charge is 2.44. The van der Waals surface area contributed by atoms with Crippen molar-refractivity contribution in [3.05, 3.63) is 102 Å². The summed E-state index contributed by atoms with van der Waals surface area (Å²) >= 11 is 0. The van der Waals surface area contributed by atoms with Gasteiger partial charge in [-0.3, -0.25) is 9.78 Å². The fraction of sp³-hybridized carbons (Fsp3) is 0.182. The van der Waals surface area contributed by atoms with Crippen LogP contribution in [0.4, 0.5) is 0 Å². The van der Waals surface area contributed by atoms with E-state index in [1.807, 2.05) is 66.9 Å². The van der Waals surface area contributed by atoms with Gasteiger partial charge >= 0.3 is 0 Å². The van der Waals surface area contributed by atoms with Crippen molar-refractivity contribution in [2.24, 2.45) is 5.92 Å². The zero-order valence-electron chi connectivity index (χ0n) is 13.9. The second kappa shape index (κ2) is 6.89. The largest absolute Gasteiger partial charge is 0.345 e. The van der Waals surface area contributed by atoms with Gasteiger partial charge in [-0.1, -0.05) is 66.7 Å². The van der Waals surface area contributed by atoms with E-state index in [1.165, 1.54) is 5.56 Å². The molecular weight excluding hydrogens is 308 g/mol. The summed E-state index contributed by atoms with van der Waals surface area (Å²) in [5, 5.41) is 3.23. The average Bonchev–Trinajstić information content (AvgIpc) is 3.49. The van der Waals surface area contributed by atoms with Crippen molar-refractivity contribution in [3.8, 4) is 0 Å². The lowest BCUT2D eigenvalue weighted by Crippen LogP contribution is -2.31. The van der Waals surface area contributed by atoms with Gasteiger partial charge in [0, 0.05) is 18.3 Å². The van der Waals surface area contributed by atoms with Crippen molar-refractivity contribution in [2.75, 3.05) is 0 Å². The van der Waals surface area contributed by atoms with Gasteiger partial charge < -0.3 is 5.32 Å². The lowest BCUT2D eigenvalue weighted by molar-refractivity contribution is -0.122. The van der Waals surface area contributed by atoms with E-state index in [0.717, 1.165) is 17.5 Å². The Bertz CT molecular complexity index is 794. The highest BCUT2D eigenvalue weighted by atomic mass is 16.2. The Morgan fingerprint density at radius 1 is 0.920 bits per heavy atom. The molecule has 3 nitrogen and oxygen atoms in total. The van der Waals surface area contributed by atoms with Crippen molar-refractivity contribution < 1.29 is 4.79 Å². The van der Waals surface area contributed by atoms with E-state index in [2.05, 4.69) is 22.4 Å². The number of benzene rings is 2. The highest BCUT2D eigenvalue weighted by Crippen LogP contribution is 2.47. The van der Waals surface area contributed by atoms with Crippen molar-refractivity contribution in [3.63, 3.8) is 0 Å². The Morgan fingerprint density at radius 2 is 1.60 bits per heavy atom. The SMILES string of the molecule is O=C(NC(c1ccccc1)c1cccnc1)C1CC1c1ccccc1. The molecule has 4 rings (SSSR count). The summed E-state index contributed by atoms with van der Waals surface area (Å²) in [4.78, 5) is 17.0. The molecule has 1 fully saturated rings. The molecule has 1 aliphatic rings. The summed E-state index contributed by atoms with van der Waals surface area (Å²) in [6.45, 7) is 0. The summed E-state index contributed by atoms with van der Waals surface area (Å²) < 4.78 is 0. The smallest absolute Gasteiger partial charge is 0.224 e. The monoisotopic (exact) mass is 328 g/mol. The number of aromatic nitrogens is 1. The van der Waals surface area contributed by atoms with Gasteiger partial charge in [-0.25, -0.2) is 0 Å². The molecule has 0 aliphatic heterocycles. The lowest BCUT2D eigenvalue weighted by atomic mass is 9.99. The van der Waals surface area contributed by atoms with Crippen LogP contribution >= 0.6 is 0 Å². The van der Waals surface area contributed by atoms with Crippen LogP contribution in [0.25, 0.3) is 0 Å². The molecule has 1 heterocycles. The first kappa shape index (κ1) is 15.6. The zero-order valence-corrected chi connectivity index (χ0v) is 13.9. The van der Waals surface area contributed by atoms with Crippen LogP contribution < -0.4 is 5.32 Å². The lowest BCUT2D eigenvalue weighted by Gasteiger charge is -2.19. The van der Waals surface area contributed by atoms with Gasteiger partial charge in [0.05, 0.1) is 6.04 Å². The molecule has 0 spiro atoms. The first-order valence-electron chi connectivity index (χ1n) is 8.63. The zero-order chi connectivity index (χ0) is 17.1. The number of hydrogen-bond donors (Lipinski definition) is 1. The van der Waals surface area contributed by atoms with Gasteiger partial charge in [0.1, 0.15) is 0 Å². The van der Waals surface area contributed by atoms with E-state index in [-0.39, 0.29) is 17.9 Å². The third kappa shape index (κ3) is 3.45. The predicted octanol–water partition coefficient (Wildman–Crippen LogP) is 4.09. The third-order valence-corrected chi connectivity index (χ3v) is 4.79. The van der Waals surface area contributed by atoms with Crippen LogP contribution in [0.15, 0.2) is 85.2 Å². The molecule has 0 saturated heterocycles. The summed E-state index contributed by atoms with van der Waals surface area (Å²) in [7, 11) is 0. The number of carbonyl (C=O) groups excluding carboxylic acids is 1. The van der Waals surface area contributed by atoms with E-state index in [0.29, 0.717) is 5.92 Å². The molecule has 3 heteroatoms. The van der Waals surface area contributed by atoms with Gasteiger partial charge in [-0.15, -0.1) is 0 Å².